The van der Waals surface area contributed by atoms with Crippen LogP contribution in [0.2, 0.25) is 0 Å². The lowest BCUT2D eigenvalue weighted by Crippen LogP contribution is -2.36. The van der Waals surface area contributed by atoms with Crippen molar-refractivity contribution in [2.45, 2.75) is 39.3 Å². The third kappa shape index (κ3) is 4.78. The minimum atomic E-state index is 0.227. The fourth-order valence-corrected chi connectivity index (χ4v) is 2.64. The van der Waals surface area contributed by atoms with Crippen LogP contribution in [-0.4, -0.2) is 29.2 Å². The van der Waals surface area contributed by atoms with E-state index in [0.29, 0.717) is 6.04 Å². The van der Waals surface area contributed by atoms with E-state index in [1.165, 1.54) is 5.56 Å². The Labute approximate surface area is 113 Å². The summed E-state index contributed by atoms with van der Waals surface area (Å²) in [6.07, 6.45) is 2.26. The van der Waals surface area contributed by atoms with E-state index >= 15 is 0 Å². The van der Waals surface area contributed by atoms with Crippen molar-refractivity contribution in [1.82, 2.24) is 4.90 Å². The standard InChI is InChI=1S/C14H22BrNO/c1-3-14(4-2)16(8-9-17)11-12-6-5-7-13(15)10-12/h5-7,10,14,17H,3-4,8-9,11H2,1-2H3. The van der Waals surface area contributed by atoms with Crippen LogP contribution in [0, 0.1) is 0 Å². The highest BCUT2D eigenvalue weighted by atomic mass is 79.9. The largest absolute Gasteiger partial charge is 0.395 e. The summed E-state index contributed by atoms with van der Waals surface area (Å²) < 4.78 is 1.11. The van der Waals surface area contributed by atoms with Crippen LogP contribution in [0.25, 0.3) is 0 Å². The van der Waals surface area contributed by atoms with E-state index < -0.39 is 0 Å². The molecule has 0 spiro atoms. The molecule has 0 fully saturated rings. The summed E-state index contributed by atoms with van der Waals surface area (Å²) in [6, 6.07) is 8.94. The number of halogens is 1. The van der Waals surface area contributed by atoms with Crippen molar-refractivity contribution in [2.24, 2.45) is 0 Å². The maximum absolute atomic E-state index is 9.16. The Morgan fingerprint density at radius 3 is 2.53 bits per heavy atom. The van der Waals surface area contributed by atoms with E-state index in [9.17, 15) is 0 Å². The molecule has 0 saturated heterocycles. The first-order chi connectivity index (χ1) is 8.21. The van der Waals surface area contributed by atoms with Gasteiger partial charge in [-0.25, -0.2) is 0 Å². The second-order valence-corrected chi connectivity index (χ2v) is 5.21. The van der Waals surface area contributed by atoms with Gasteiger partial charge in [-0.2, -0.15) is 0 Å². The molecule has 0 aromatic heterocycles. The average molecular weight is 300 g/mol. The number of benzene rings is 1. The van der Waals surface area contributed by atoms with Gasteiger partial charge in [-0.15, -0.1) is 0 Å². The van der Waals surface area contributed by atoms with Gasteiger partial charge in [0.2, 0.25) is 0 Å². The number of aliphatic hydroxyl groups is 1. The van der Waals surface area contributed by atoms with Gasteiger partial charge in [0.15, 0.2) is 0 Å². The number of aliphatic hydroxyl groups excluding tert-OH is 1. The molecule has 0 radical (unpaired) electrons. The van der Waals surface area contributed by atoms with Crippen molar-refractivity contribution in [2.75, 3.05) is 13.2 Å². The summed E-state index contributed by atoms with van der Waals surface area (Å²) in [5, 5.41) is 9.16. The molecule has 1 rings (SSSR count). The summed E-state index contributed by atoms with van der Waals surface area (Å²) in [5.74, 6) is 0. The zero-order valence-electron chi connectivity index (χ0n) is 10.7. The third-order valence-electron chi connectivity index (χ3n) is 3.12. The zero-order valence-corrected chi connectivity index (χ0v) is 12.3. The van der Waals surface area contributed by atoms with Crippen molar-refractivity contribution in [1.29, 1.82) is 0 Å². The van der Waals surface area contributed by atoms with Gasteiger partial charge in [0.05, 0.1) is 6.61 Å². The number of rotatable bonds is 7. The summed E-state index contributed by atoms with van der Waals surface area (Å²) in [4.78, 5) is 2.36. The molecule has 0 aliphatic carbocycles. The van der Waals surface area contributed by atoms with Gasteiger partial charge in [-0.1, -0.05) is 41.9 Å². The van der Waals surface area contributed by atoms with Crippen LogP contribution in [-0.2, 0) is 6.54 Å². The second kappa shape index (κ2) is 7.85. The fraction of sp³-hybridized carbons (Fsp3) is 0.571. The molecule has 1 aromatic rings. The predicted octanol–water partition coefficient (Wildman–Crippen LogP) is 3.43. The molecular formula is C14H22BrNO. The minimum Gasteiger partial charge on any atom is -0.395 e. The SMILES string of the molecule is CCC(CC)N(CCO)Cc1cccc(Br)c1. The number of hydrogen-bond donors (Lipinski definition) is 1. The minimum absolute atomic E-state index is 0.227. The fourth-order valence-electron chi connectivity index (χ4n) is 2.19. The van der Waals surface area contributed by atoms with Crippen molar-refractivity contribution in [3.8, 4) is 0 Å². The van der Waals surface area contributed by atoms with Crippen LogP contribution >= 0.6 is 15.9 Å². The molecule has 17 heavy (non-hydrogen) atoms. The first-order valence-corrected chi connectivity index (χ1v) is 7.09. The highest BCUT2D eigenvalue weighted by Crippen LogP contribution is 2.16. The molecule has 0 unspecified atom stereocenters. The van der Waals surface area contributed by atoms with Crippen LogP contribution in [0.3, 0.4) is 0 Å². The number of nitrogens with zero attached hydrogens (tertiary/aromatic N) is 1. The molecule has 0 bridgehead atoms. The number of hydrogen-bond acceptors (Lipinski definition) is 2. The monoisotopic (exact) mass is 299 g/mol. The lowest BCUT2D eigenvalue weighted by atomic mass is 10.1. The predicted molar refractivity (Wildman–Crippen MR) is 76.0 cm³/mol. The lowest BCUT2D eigenvalue weighted by molar-refractivity contribution is 0.136. The molecule has 1 aromatic carbocycles. The lowest BCUT2D eigenvalue weighted by Gasteiger charge is -2.29. The maximum Gasteiger partial charge on any atom is 0.0558 e. The summed E-state index contributed by atoms with van der Waals surface area (Å²) in [7, 11) is 0. The van der Waals surface area contributed by atoms with Gasteiger partial charge in [-0.3, -0.25) is 4.90 Å². The maximum atomic E-state index is 9.16. The first kappa shape index (κ1) is 14.7. The molecule has 0 amide bonds. The molecule has 0 aliphatic heterocycles. The third-order valence-corrected chi connectivity index (χ3v) is 3.61. The van der Waals surface area contributed by atoms with Crippen LogP contribution in [0.4, 0.5) is 0 Å². The van der Waals surface area contributed by atoms with Gasteiger partial charge in [0.25, 0.3) is 0 Å². The molecule has 1 N–H and O–H groups in total. The van der Waals surface area contributed by atoms with E-state index in [4.69, 9.17) is 5.11 Å². The smallest absolute Gasteiger partial charge is 0.0558 e. The normalized spacial score (nSPS) is 11.4. The zero-order chi connectivity index (χ0) is 12.7. The Kier molecular flexibility index (Phi) is 6.78. The van der Waals surface area contributed by atoms with Crippen LogP contribution in [0.1, 0.15) is 32.3 Å². The molecule has 0 heterocycles. The second-order valence-electron chi connectivity index (χ2n) is 4.29. The van der Waals surface area contributed by atoms with Crippen LogP contribution < -0.4 is 0 Å². The van der Waals surface area contributed by atoms with E-state index in [0.717, 1.165) is 30.4 Å². The quantitative estimate of drug-likeness (QED) is 0.834. The molecule has 3 heteroatoms. The topological polar surface area (TPSA) is 23.5 Å². The highest BCUT2D eigenvalue weighted by Gasteiger charge is 2.14. The van der Waals surface area contributed by atoms with Gasteiger partial charge < -0.3 is 5.11 Å². The molecule has 0 aliphatic rings. The molecule has 0 saturated carbocycles. The van der Waals surface area contributed by atoms with Crippen LogP contribution in [0.5, 0.6) is 0 Å². The average Bonchev–Trinajstić information content (AvgIpc) is 2.31. The molecule has 0 atom stereocenters. The molecule has 96 valence electrons. The molecular weight excluding hydrogens is 278 g/mol. The van der Waals surface area contributed by atoms with Crippen molar-refractivity contribution < 1.29 is 5.11 Å². The Morgan fingerprint density at radius 1 is 1.29 bits per heavy atom. The van der Waals surface area contributed by atoms with E-state index in [1.54, 1.807) is 0 Å². The Hall–Kier alpha value is -0.380. The van der Waals surface area contributed by atoms with Crippen molar-refractivity contribution in [3.05, 3.63) is 34.3 Å². The van der Waals surface area contributed by atoms with Gasteiger partial charge in [-0.05, 0) is 30.5 Å². The Balaban J connectivity index is 2.71. The van der Waals surface area contributed by atoms with Gasteiger partial charge >= 0.3 is 0 Å². The van der Waals surface area contributed by atoms with E-state index in [1.807, 2.05) is 6.07 Å². The van der Waals surface area contributed by atoms with Crippen molar-refractivity contribution >= 4 is 15.9 Å². The van der Waals surface area contributed by atoms with Gasteiger partial charge in [0, 0.05) is 23.6 Å². The van der Waals surface area contributed by atoms with E-state index in [2.05, 4.69) is 52.9 Å². The van der Waals surface area contributed by atoms with Crippen molar-refractivity contribution in [3.63, 3.8) is 0 Å². The first-order valence-electron chi connectivity index (χ1n) is 6.30. The summed E-state index contributed by atoms with van der Waals surface area (Å²) in [6.45, 7) is 6.30. The van der Waals surface area contributed by atoms with E-state index in [-0.39, 0.29) is 6.61 Å². The summed E-state index contributed by atoms with van der Waals surface area (Å²) in [5.41, 5.74) is 1.29. The van der Waals surface area contributed by atoms with Gasteiger partial charge in [0.1, 0.15) is 0 Å². The molecule has 2 nitrogen and oxygen atoms in total. The Morgan fingerprint density at radius 2 is 2.00 bits per heavy atom. The van der Waals surface area contributed by atoms with Crippen LogP contribution in [0.15, 0.2) is 28.7 Å². The Bertz CT molecular complexity index is 326. The highest BCUT2D eigenvalue weighted by molar-refractivity contribution is 9.10. The summed E-state index contributed by atoms with van der Waals surface area (Å²) >= 11 is 3.49.